The van der Waals surface area contributed by atoms with Gasteiger partial charge in [0, 0.05) is 63.7 Å². The van der Waals surface area contributed by atoms with Crippen molar-refractivity contribution < 1.29 is 19.5 Å². The van der Waals surface area contributed by atoms with Crippen LogP contribution in [0.25, 0.3) is 11.1 Å². The fourth-order valence-corrected chi connectivity index (χ4v) is 7.42. The number of benzene rings is 2. The lowest BCUT2D eigenvalue weighted by Gasteiger charge is -2.34. The number of nitrogens with one attached hydrogen (secondary N) is 2. The number of rotatable bonds is 6. The van der Waals surface area contributed by atoms with Gasteiger partial charge in [0.15, 0.2) is 11.8 Å². The van der Waals surface area contributed by atoms with Crippen molar-refractivity contribution >= 4 is 46.3 Å². The maximum absolute atomic E-state index is 14.0. The molecule has 2 N–H and O–H groups in total. The number of hydrogen-bond donors (Lipinski definition) is 2. The number of anilines is 3. The average Bonchev–Trinajstić information content (AvgIpc) is 3.21. The number of Topliss-reactive ketones (excluding diaryl/α,β-unsaturated/α-hetero) is 1. The van der Waals surface area contributed by atoms with Gasteiger partial charge in [-0.05, 0) is 79.2 Å². The van der Waals surface area contributed by atoms with E-state index in [1.54, 1.807) is 0 Å². The summed E-state index contributed by atoms with van der Waals surface area (Å²) in [5, 5.41) is 21.1. The van der Waals surface area contributed by atoms with Crippen LogP contribution in [0, 0.1) is 0 Å². The number of nitrogens with zero attached hydrogens (tertiary/aromatic N) is 2. The molecule has 8 nitrogen and oxygen atoms in total. The third-order valence-electron chi connectivity index (χ3n) is 10.2. The maximum atomic E-state index is 14.0. The number of allylic oxidation sites excluding steroid dienone is 2. The second kappa shape index (κ2) is 10.1. The van der Waals surface area contributed by atoms with E-state index in [1.807, 2.05) is 24.3 Å². The van der Waals surface area contributed by atoms with Gasteiger partial charge >= 0.3 is 0 Å². The minimum absolute atomic E-state index is 0.0549. The standard InChI is InChI=1S/C35H44N4O4/c1-17(2)38-19(5)34(8,9)24-12-22(26(36-16-40)14-28(24)38)30-32(42)31(33(30)43)23-13-25-29(15-27(23)37-21(7)41)39(18(3)4)20(6)35(25,10)11/h12-20H,1-11H3,(H2,36,37,40,41,42,43). The Morgan fingerprint density at radius 1 is 0.977 bits per heavy atom. The van der Waals surface area contributed by atoms with Crippen molar-refractivity contribution in [1.82, 2.24) is 4.58 Å². The lowest BCUT2D eigenvalue weighted by atomic mass is 9.76. The summed E-state index contributed by atoms with van der Waals surface area (Å²) < 4.78 is 2.32. The molecule has 8 heteroatoms. The second-order valence-corrected chi connectivity index (χ2v) is 14.0. The summed E-state index contributed by atoms with van der Waals surface area (Å²) in [5.74, 6) is -1.06. The average molecular weight is 585 g/mol. The third-order valence-corrected chi connectivity index (χ3v) is 10.2. The van der Waals surface area contributed by atoms with Gasteiger partial charge < -0.3 is 20.6 Å². The van der Waals surface area contributed by atoms with Gasteiger partial charge in [0.2, 0.25) is 17.7 Å². The molecule has 0 saturated heterocycles. The van der Waals surface area contributed by atoms with E-state index in [1.165, 1.54) is 6.92 Å². The van der Waals surface area contributed by atoms with Crippen LogP contribution in [0.15, 0.2) is 30.0 Å². The molecule has 2 aromatic carbocycles. The SMILES string of the molecule is CC(=O)Nc1cc2c(c/c1=C1\C(=O)C(c3cc4c(cc3NC=O)N(C(C)C)C(C)C4(C)C)=C1[O-])C(C)(C)C(C)[N+]=2C(C)C. The largest absolute Gasteiger partial charge is 0.871 e. The third kappa shape index (κ3) is 4.32. The zero-order valence-corrected chi connectivity index (χ0v) is 27.2. The Bertz CT molecular complexity index is 1750. The fourth-order valence-electron chi connectivity index (χ4n) is 7.42. The molecule has 5 rings (SSSR count). The Hall–Kier alpha value is -3.94. The Kier molecular flexibility index (Phi) is 7.14. The van der Waals surface area contributed by atoms with Crippen LogP contribution in [0.1, 0.15) is 92.9 Å². The van der Waals surface area contributed by atoms with Crippen LogP contribution in [-0.4, -0.2) is 42.3 Å². The van der Waals surface area contributed by atoms with E-state index in [4.69, 9.17) is 0 Å². The predicted octanol–water partition coefficient (Wildman–Crippen LogP) is 3.19. The smallest absolute Gasteiger partial charge is 0.221 e. The summed E-state index contributed by atoms with van der Waals surface area (Å²) >= 11 is 0. The van der Waals surface area contributed by atoms with E-state index in [-0.39, 0.29) is 63.6 Å². The van der Waals surface area contributed by atoms with E-state index < -0.39 is 0 Å². The van der Waals surface area contributed by atoms with Crippen LogP contribution in [-0.2, 0) is 25.2 Å². The molecule has 0 spiro atoms. The van der Waals surface area contributed by atoms with E-state index >= 15 is 0 Å². The molecule has 43 heavy (non-hydrogen) atoms. The molecule has 0 saturated carbocycles. The highest BCUT2D eigenvalue weighted by Gasteiger charge is 2.47. The normalized spacial score (nSPS) is 23.0. The number of ketones is 1. The quantitative estimate of drug-likeness (QED) is 0.401. The highest BCUT2D eigenvalue weighted by atomic mass is 16.3. The van der Waals surface area contributed by atoms with E-state index in [0.29, 0.717) is 28.6 Å². The lowest BCUT2D eigenvalue weighted by Crippen LogP contribution is -2.42. The van der Waals surface area contributed by atoms with Crippen LogP contribution >= 0.6 is 0 Å². The van der Waals surface area contributed by atoms with Gasteiger partial charge in [-0.1, -0.05) is 19.6 Å². The molecule has 3 aliphatic rings. The lowest BCUT2D eigenvalue weighted by molar-refractivity contribution is -0.292. The van der Waals surface area contributed by atoms with Crippen LogP contribution in [0.3, 0.4) is 0 Å². The van der Waals surface area contributed by atoms with Crippen LogP contribution in [0.5, 0.6) is 0 Å². The minimum atomic E-state index is -0.389. The maximum Gasteiger partial charge on any atom is 0.221 e. The van der Waals surface area contributed by atoms with E-state index in [0.717, 1.165) is 22.2 Å². The van der Waals surface area contributed by atoms with Crippen molar-refractivity contribution in [1.29, 1.82) is 0 Å². The number of carbonyl (C=O) groups excluding carboxylic acids is 3. The summed E-state index contributed by atoms with van der Waals surface area (Å²) in [6, 6.07) is 8.39. The number of hydrogen-bond acceptors (Lipinski definition) is 5. The van der Waals surface area contributed by atoms with Gasteiger partial charge in [-0.2, -0.15) is 0 Å². The highest BCUT2D eigenvalue weighted by Crippen LogP contribution is 2.50. The van der Waals surface area contributed by atoms with Crippen molar-refractivity contribution in [3.05, 3.63) is 57.3 Å². The molecule has 2 aromatic rings. The summed E-state index contributed by atoms with van der Waals surface area (Å²) in [6.07, 6.45) is 0.576. The minimum Gasteiger partial charge on any atom is -0.871 e. The Balaban J connectivity index is 1.80. The van der Waals surface area contributed by atoms with Gasteiger partial charge in [-0.15, -0.1) is 0 Å². The Morgan fingerprint density at radius 2 is 1.63 bits per heavy atom. The van der Waals surface area contributed by atoms with E-state index in [2.05, 4.69) is 89.3 Å². The summed E-state index contributed by atoms with van der Waals surface area (Å²) in [7, 11) is 0. The molecule has 2 amide bonds. The number of carbonyl (C=O) groups is 3. The first-order valence-corrected chi connectivity index (χ1v) is 15.2. The predicted molar refractivity (Wildman–Crippen MR) is 170 cm³/mol. The zero-order chi connectivity index (χ0) is 31.9. The van der Waals surface area contributed by atoms with Crippen LogP contribution < -0.4 is 35.8 Å². The van der Waals surface area contributed by atoms with E-state index in [9.17, 15) is 19.5 Å². The molecular formula is C35H44N4O4. The first-order valence-electron chi connectivity index (χ1n) is 15.2. The van der Waals surface area contributed by atoms with Gasteiger partial charge in [0.25, 0.3) is 0 Å². The Labute approximate surface area is 254 Å². The number of amides is 2. The van der Waals surface area contributed by atoms with Crippen molar-refractivity contribution in [2.45, 2.75) is 111 Å². The first kappa shape index (κ1) is 30.5. The summed E-state index contributed by atoms with van der Waals surface area (Å²) in [5.41, 5.74) is 3.96. The second-order valence-electron chi connectivity index (χ2n) is 14.0. The molecule has 2 heterocycles. The molecule has 0 bridgehead atoms. The molecule has 2 unspecified atom stereocenters. The molecule has 1 aliphatic carbocycles. The Morgan fingerprint density at radius 3 is 2.16 bits per heavy atom. The van der Waals surface area contributed by atoms with Crippen molar-refractivity contribution in [2.24, 2.45) is 0 Å². The van der Waals surface area contributed by atoms with Gasteiger partial charge in [0.1, 0.15) is 6.04 Å². The van der Waals surface area contributed by atoms with Gasteiger partial charge in [0.05, 0.1) is 16.8 Å². The molecule has 0 fully saturated rings. The van der Waals surface area contributed by atoms with Crippen molar-refractivity contribution in [3.63, 3.8) is 0 Å². The summed E-state index contributed by atoms with van der Waals surface area (Å²) in [4.78, 5) is 40.3. The van der Waals surface area contributed by atoms with Crippen LogP contribution in [0.2, 0.25) is 0 Å². The number of fused-ring (bicyclic) bond motifs is 2. The molecule has 2 aliphatic heterocycles. The van der Waals surface area contributed by atoms with Crippen molar-refractivity contribution in [2.75, 3.05) is 15.5 Å². The highest BCUT2D eigenvalue weighted by molar-refractivity contribution is 6.52. The van der Waals surface area contributed by atoms with Crippen molar-refractivity contribution in [3.8, 4) is 0 Å². The fraction of sp³-hybridized carbons (Fsp3) is 0.486. The van der Waals surface area contributed by atoms with Gasteiger partial charge in [-0.3, -0.25) is 14.4 Å². The monoisotopic (exact) mass is 584 g/mol. The summed E-state index contributed by atoms with van der Waals surface area (Å²) in [6.45, 7) is 22.9. The molecule has 2 atom stereocenters. The molecule has 0 aromatic heterocycles. The van der Waals surface area contributed by atoms with Crippen LogP contribution in [0.4, 0.5) is 17.1 Å². The zero-order valence-electron chi connectivity index (χ0n) is 27.2. The first-order chi connectivity index (χ1) is 20.0. The topological polar surface area (TPSA) is 105 Å². The molecule has 0 radical (unpaired) electrons. The molecule has 228 valence electrons. The molecular weight excluding hydrogens is 540 g/mol. The van der Waals surface area contributed by atoms with Gasteiger partial charge in [-0.25, -0.2) is 4.58 Å².